The molecular formula is C58H62GeIrN4O-2. The van der Waals surface area contributed by atoms with Gasteiger partial charge in [0, 0.05) is 45.2 Å². The van der Waals surface area contributed by atoms with E-state index in [1.54, 1.807) is 6.07 Å². The third-order valence-corrected chi connectivity index (χ3v) is 15.2. The Bertz CT molecular complexity index is 3280. The number of imidazole rings is 1. The number of hydrogen-bond donors (Lipinski definition) is 0. The van der Waals surface area contributed by atoms with Crippen molar-refractivity contribution in [1.82, 2.24) is 19.5 Å². The second-order valence-corrected chi connectivity index (χ2v) is 31.3. The topological polar surface area (TPSA) is 56.7 Å². The van der Waals surface area contributed by atoms with Crippen molar-refractivity contribution in [3.05, 3.63) is 163 Å². The molecule has 0 aliphatic carbocycles. The van der Waals surface area contributed by atoms with Crippen molar-refractivity contribution < 1.29 is 30.0 Å². The maximum absolute atomic E-state index is 8.78. The fourth-order valence-electron chi connectivity index (χ4n) is 7.99. The van der Waals surface area contributed by atoms with Gasteiger partial charge in [-0.05, 0) is 64.7 Å². The quantitative estimate of drug-likeness (QED) is 0.118. The van der Waals surface area contributed by atoms with E-state index in [1.807, 2.05) is 121 Å². The van der Waals surface area contributed by atoms with Gasteiger partial charge in [-0.3, -0.25) is 4.98 Å². The second kappa shape index (κ2) is 18.6. The number of rotatable bonds is 7. The molecule has 0 bridgehead atoms. The normalized spacial score (nSPS) is 13.7. The summed E-state index contributed by atoms with van der Waals surface area (Å²) in [6, 6.07) is 49.2. The molecule has 0 fully saturated rings. The van der Waals surface area contributed by atoms with E-state index in [0.717, 1.165) is 65.4 Å². The maximum atomic E-state index is 8.78. The molecule has 9 aromatic rings. The molecule has 9 rings (SSSR count). The molecule has 0 aliphatic rings. The van der Waals surface area contributed by atoms with Crippen LogP contribution in [-0.4, -0.2) is 32.8 Å². The van der Waals surface area contributed by atoms with Crippen LogP contribution in [0.25, 0.3) is 72.6 Å². The van der Waals surface area contributed by atoms with Crippen LogP contribution < -0.4 is 4.40 Å². The van der Waals surface area contributed by atoms with E-state index in [0.29, 0.717) is 22.8 Å². The summed E-state index contributed by atoms with van der Waals surface area (Å²) in [6.45, 7) is 18.2. The summed E-state index contributed by atoms with van der Waals surface area (Å²) in [4.78, 5) is 14.5. The van der Waals surface area contributed by atoms with Crippen molar-refractivity contribution in [3.63, 3.8) is 0 Å². The minimum Gasteiger partial charge on any atom is -0.486 e. The van der Waals surface area contributed by atoms with E-state index in [9.17, 15) is 0 Å². The molecule has 1 radical (unpaired) electrons. The van der Waals surface area contributed by atoms with Crippen molar-refractivity contribution >= 4 is 50.8 Å². The minimum atomic E-state index is -2.24. The molecule has 0 amide bonds. The summed E-state index contributed by atoms with van der Waals surface area (Å²) in [7, 11) is 0. The average Bonchev–Trinajstić information content (AvgIpc) is 3.86. The number of aromatic nitrogens is 4. The first-order valence-electron chi connectivity index (χ1n) is 24.2. The van der Waals surface area contributed by atoms with Crippen LogP contribution in [0.5, 0.6) is 0 Å². The second-order valence-electron chi connectivity index (χ2n) is 20.7. The van der Waals surface area contributed by atoms with Gasteiger partial charge in [-0.25, -0.2) is 4.98 Å². The SMILES string of the molecule is [2H]C([2H])(c1cc(-c2[c-]cccc2)nc[c]1[Ge]([CH3])([CH3])[CH3])C(C)(C)C.[2H]C([2H])(c1ccc2c(n1)oc1c(-c3nc4ccccc4n3-c3ccc(C(C)(C)C)cc3-c3ccccc3)[c-]ccc12)C(C)(C)C.[Ir]. The predicted octanol–water partition coefficient (Wildman–Crippen LogP) is 15.0. The molecule has 4 aromatic heterocycles. The summed E-state index contributed by atoms with van der Waals surface area (Å²) < 4.78 is 44.9. The van der Waals surface area contributed by atoms with E-state index >= 15 is 0 Å². The van der Waals surface area contributed by atoms with E-state index in [4.69, 9.17) is 19.9 Å². The van der Waals surface area contributed by atoms with Gasteiger partial charge < -0.3 is 8.98 Å². The predicted molar refractivity (Wildman–Crippen MR) is 272 cm³/mol. The smallest absolute Gasteiger partial charge is 0.216 e. The van der Waals surface area contributed by atoms with E-state index in [-0.39, 0.29) is 25.5 Å². The standard InChI is InChI=1S/C39H36N3O.C19H26GeN.Ir/c1-38(2,3)24-27-20-21-29-28-15-12-16-30(35(28)43-37(29)40-27)36-41-32-17-10-11-18-34(32)42(36)33-22-19-26(39(4,5)6)23-31(33)25-13-8-7-9-14-25;1-19(2,3)13-16-12-18(15-10-8-7-9-11-15)21-14-17(16)20(4,5)6;/h7-15,17-23H,24H2,1-6H3;7-10,12,14H,13H2,1-6H3;/q2*-1;/i24D2;13D2;. The number of furan rings is 1. The first-order valence-corrected chi connectivity index (χ1v) is 29.5. The molecular weight excluding hydrogens is 1030 g/mol. The van der Waals surface area contributed by atoms with Crippen LogP contribution >= 0.6 is 0 Å². The first-order chi connectivity index (χ1) is 31.8. The van der Waals surface area contributed by atoms with Crippen LogP contribution in [0.2, 0.25) is 17.3 Å². The Morgan fingerprint density at radius 1 is 0.692 bits per heavy atom. The fraction of sp³-hybridized carbons (Fsp3) is 0.293. The number of para-hydroxylation sites is 2. The van der Waals surface area contributed by atoms with E-state index in [1.165, 1.54) is 5.56 Å². The molecule has 0 saturated heterocycles. The molecule has 0 saturated carbocycles. The van der Waals surface area contributed by atoms with Crippen LogP contribution in [-0.2, 0) is 38.3 Å². The van der Waals surface area contributed by atoms with Crippen LogP contribution in [0.1, 0.15) is 84.6 Å². The molecule has 335 valence electrons. The van der Waals surface area contributed by atoms with Crippen molar-refractivity contribution in [2.45, 2.75) is 97.7 Å². The summed E-state index contributed by atoms with van der Waals surface area (Å²) in [6.07, 6.45) is -1.14. The van der Waals surface area contributed by atoms with E-state index in [2.05, 4.69) is 108 Å². The van der Waals surface area contributed by atoms with Crippen molar-refractivity contribution in [3.8, 4) is 39.5 Å². The number of benzene rings is 5. The van der Waals surface area contributed by atoms with Crippen LogP contribution in [0.15, 0.2) is 138 Å². The average molecular weight is 1100 g/mol. The van der Waals surface area contributed by atoms with Gasteiger partial charge in [-0.1, -0.05) is 101 Å². The number of fused-ring (bicyclic) bond motifs is 4. The molecule has 65 heavy (non-hydrogen) atoms. The van der Waals surface area contributed by atoms with Gasteiger partial charge in [0.1, 0.15) is 0 Å². The Labute approximate surface area is 408 Å². The fourth-order valence-corrected chi connectivity index (χ4v) is 10.9. The molecule has 7 heteroatoms. The zero-order valence-electron chi connectivity index (χ0n) is 43.7. The number of hydrogen-bond acceptors (Lipinski definition) is 4. The molecule has 0 N–H and O–H groups in total. The van der Waals surface area contributed by atoms with Gasteiger partial charge in [-0.2, -0.15) is 0 Å². The zero-order valence-corrected chi connectivity index (χ0v) is 44.2. The summed E-state index contributed by atoms with van der Waals surface area (Å²) in [5, 5.41) is 1.72. The molecule has 0 aliphatic heterocycles. The third kappa shape index (κ3) is 10.8. The molecule has 0 atom stereocenters. The number of nitrogens with zero attached hydrogens (tertiary/aromatic N) is 4. The van der Waals surface area contributed by atoms with Gasteiger partial charge in [-0.15, -0.1) is 18.2 Å². The largest absolute Gasteiger partial charge is 0.486 e. The van der Waals surface area contributed by atoms with Crippen molar-refractivity contribution in [2.75, 3.05) is 0 Å². The van der Waals surface area contributed by atoms with Crippen molar-refractivity contribution in [2.24, 2.45) is 10.8 Å². The van der Waals surface area contributed by atoms with Crippen LogP contribution in [0.3, 0.4) is 0 Å². The van der Waals surface area contributed by atoms with Crippen LogP contribution in [0, 0.1) is 23.0 Å². The minimum absolute atomic E-state index is 0. The molecule has 5 nitrogen and oxygen atoms in total. The first kappa shape index (κ1) is 42.5. The summed E-state index contributed by atoms with van der Waals surface area (Å²) >= 11 is -2.24. The molecule has 4 heterocycles. The van der Waals surface area contributed by atoms with Gasteiger partial charge in [0.15, 0.2) is 0 Å². The maximum Gasteiger partial charge on any atom is 0.216 e. The summed E-state index contributed by atoms with van der Waals surface area (Å²) in [5.41, 5.74) is 9.81. The van der Waals surface area contributed by atoms with E-state index < -0.39 is 36.8 Å². The molecule has 0 unspecified atom stereocenters. The van der Waals surface area contributed by atoms with Crippen LogP contribution in [0.4, 0.5) is 0 Å². The Morgan fingerprint density at radius 2 is 1.40 bits per heavy atom. The Hall–Kier alpha value is -5.14. The van der Waals surface area contributed by atoms with Gasteiger partial charge in [0.05, 0.1) is 22.4 Å². The van der Waals surface area contributed by atoms with Gasteiger partial charge in [0.25, 0.3) is 0 Å². The third-order valence-electron chi connectivity index (χ3n) is 11.0. The zero-order chi connectivity index (χ0) is 49.2. The van der Waals surface area contributed by atoms with Gasteiger partial charge >= 0.3 is 135 Å². The monoisotopic (exact) mass is 1100 g/mol. The molecule has 5 aromatic carbocycles. The Kier molecular flexibility index (Phi) is 12.2. The van der Waals surface area contributed by atoms with Gasteiger partial charge in [0.2, 0.25) is 5.71 Å². The summed E-state index contributed by atoms with van der Waals surface area (Å²) in [5.74, 6) is 7.57. The molecule has 0 spiro atoms. The van der Waals surface area contributed by atoms with Crippen molar-refractivity contribution in [1.29, 1.82) is 0 Å². The Balaban J connectivity index is 0.000000248. The number of pyridine rings is 2. The Morgan fingerprint density at radius 3 is 2.08 bits per heavy atom.